The van der Waals surface area contributed by atoms with Crippen LogP contribution in [0.3, 0.4) is 0 Å². The fourth-order valence-electron chi connectivity index (χ4n) is 2.25. The summed E-state index contributed by atoms with van der Waals surface area (Å²) in [5, 5.41) is 5.85. The van der Waals surface area contributed by atoms with Crippen molar-refractivity contribution in [2.24, 2.45) is 12.8 Å². The van der Waals surface area contributed by atoms with Crippen LogP contribution in [-0.2, 0) is 13.5 Å². The van der Waals surface area contributed by atoms with E-state index in [0.717, 1.165) is 12.8 Å². The number of nitrogens with two attached hydrogens (primary N) is 1. The zero-order valence-electron chi connectivity index (χ0n) is 9.61. The van der Waals surface area contributed by atoms with Crippen LogP contribution in [0.4, 0.5) is 0 Å². The topological polar surface area (TPSA) is 43.8 Å². The van der Waals surface area contributed by atoms with Gasteiger partial charge < -0.3 is 5.73 Å². The molecule has 2 N–H and O–H groups in total. The number of aromatic nitrogens is 2. The fraction of sp³-hybridized carbons (Fsp3) is 0.462. The van der Waals surface area contributed by atoms with Gasteiger partial charge in [-0.1, -0.05) is 18.2 Å². The van der Waals surface area contributed by atoms with Gasteiger partial charge in [-0.3, -0.25) is 4.68 Å². The first-order valence-electron chi connectivity index (χ1n) is 5.87. The minimum Gasteiger partial charge on any atom is -0.325 e. The maximum atomic E-state index is 6.11. The zero-order chi connectivity index (χ0) is 11.2. The van der Waals surface area contributed by atoms with Crippen molar-refractivity contribution in [3.05, 3.63) is 30.0 Å². The number of benzene rings is 1. The first kappa shape index (κ1) is 9.85. The maximum absolute atomic E-state index is 6.11. The Morgan fingerprint density at radius 1 is 1.38 bits per heavy atom. The Morgan fingerprint density at radius 2 is 2.12 bits per heavy atom. The third-order valence-corrected chi connectivity index (χ3v) is 3.59. The van der Waals surface area contributed by atoms with Crippen LogP contribution in [0.15, 0.2) is 24.3 Å². The molecular formula is C13H17N3. The summed E-state index contributed by atoms with van der Waals surface area (Å²) >= 11 is 0. The Kier molecular flexibility index (Phi) is 2.04. The molecule has 3 nitrogen and oxygen atoms in total. The van der Waals surface area contributed by atoms with Gasteiger partial charge in [-0.25, -0.2) is 0 Å². The van der Waals surface area contributed by atoms with Crippen molar-refractivity contribution < 1.29 is 0 Å². The second-order valence-corrected chi connectivity index (χ2v) is 4.95. The summed E-state index contributed by atoms with van der Waals surface area (Å²) in [6, 6.07) is 8.39. The highest BCUT2D eigenvalue weighted by molar-refractivity contribution is 5.81. The number of hydrogen-bond acceptors (Lipinski definition) is 2. The van der Waals surface area contributed by atoms with Gasteiger partial charge >= 0.3 is 0 Å². The molecule has 0 atom stereocenters. The van der Waals surface area contributed by atoms with E-state index < -0.39 is 0 Å². The zero-order valence-corrected chi connectivity index (χ0v) is 9.61. The Hall–Kier alpha value is -1.35. The Balaban J connectivity index is 1.91. The van der Waals surface area contributed by atoms with Crippen LogP contribution in [-0.4, -0.2) is 15.3 Å². The molecule has 16 heavy (non-hydrogen) atoms. The molecule has 1 aliphatic carbocycles. The van der Waals surface area contributed by atoms with Gasteiger partial charge in [0.2, 0.25) is 0 Å². The first-order chi connectivity index (χ1) is 7.68. The molecule has 0 amide bonds. The average molecular weight is 215 g/mol. The van der Waals surface area contributed by atoms with Crippen molar-refractivity contribution in [1.82, 2.24) is 9.78 Å². The molecule has 0 spiro atoms. The average Bonchev–Trinajstić information content (AvgIpc) is 2.94. The molecule has 2 aromatic rings. The molecule has 0 saturated heterocycles. The molecule has 1 aromatic heterocycles. The highest BCUT2D eigenvalue weighted by Crippen LogP contribution is 2.36. The van der Waals surface area contributed by atoms with Gasteiger partial charge in [0.05, 0.1) is 11.2 Å². The predicted octanol–water partition coefficient (Wildman–Crippen LogP) is 2.00. The summed E-state index contributed by atoms with van der Waals surface area (Å²) < 4.78 is 1.96. The highest BCUT2D eigenvalue weighted by atomic mass is 15.3. The van der Waals surface area contributed by atoms with Crippen molar-refractivity contribution in [3.63, 3.8) is 0 Å². The number of aryl methyl sites for hydroxylation is 2. The largest absolute Gasteiger partial charge is 0.325 e. The molecule has 84 valence electrons. The first-order valence-corrected chi connectivity index (χ1v) is 5.87. The molecule has 3 heteroatoms. The van der Waals surface area contributed by atoms with Gasteiger partial charge in [-0.2, -0.15) is 5.10 Å². The van der Waals surface area contributed by atoms with Crippen LogP contribution < -0.4 is 5.73 Å². The summed E-state index contributed by atoms with van der Waals surface area (Å²) in [4.78, 5) is 0. The third-order valence-electron chi connectivity index (χ3n) is 3.59. The predicted molar refractivity (Wildman–Crippen MR) is 65.2 cm³/mol. The lowest BCUT2D eigenvalue weighted by molar-refractivity contribution is 0.599. The summed E-state index contributed by atoms with van der Waals surface area (Å²) in [6.45, 7) is 0. The van der Waals surface area contributed by atoms with Crippen LogP contribution in [0.25, 0.3) is 10.9 Å². The van der Waals surface area contributed by atoms with Crippen molar-refractivity contribution in [2.75, 3.05) is 0 Å². The number of nitrogens with zero attached hydrogens (tertiary/aromatic N) is 2. The summed E-state index contributed by atoms with van der Waals surface area (Å²) in [5.41, 5.74) is 8.63. The molecule has 3 rings (SSSR count). The summed E-state index contributed by atoms with van der Waals surface area (Å²) in [5.74, 6) is 0. The highest BCUT2D eigenvalue weighted by Gasteiger charge is 2.37. The van der Waals surface area contributed by atoms with Crippen molar-refractivity contribution in [1.29, 1.82) is 0 Å². The minimum absolute atomic E-state index is 0.124. The van der Waals surface area contributed by atoms with Gasteiger partial charge in [0, 0.05) is 18.0 Å². The van der Waals surface area contributed by atoms with E-state index in [1.165, 1.54) is 29.4 Å². The second kappa shape index (κ2) is 3.32. The van der Waals surface area contributed by atoms with Gasteiger partial charge in [-0.15, -0.1) is 0 Å². The van der Waals surface area contributed by atoms with E-state index in [-0.39, 0.29) is 5.54 Å². The molecular weight excluding hydrogens is 198 g/mol. The molecule has 1 aromatic carbocycles. The summed E-state index contributed by atoms with van der Waals surface area (Å²) in [6.07, 6.45) is 4.42. The van der Waals surface area contributed by atoms with Crippen LogP contribution in [0.2, 0.25) is 0 Å². The Labute approximate surface area is 95.2 Å². The molecule has 1 saturated carbocycles. The Morgan fingerprint density at radius 3 is 2.88 bits per heavy atom. The van der Waals surface area contributed by atoms with Crippen molar-refractivity contribution >= 4 is 10.9 Å². The number of fused-ring (bicyclic) bond motifs is 1. The number of para-hydroxylation sites is 1. The monoisotopic (exact) mass is 215 g/mol. The van der Waals surface area contributed by atoms with E-state index in [4.69, 9.17) is 5.73 Å². The molecule has 1 fully saturated rings. The lowest BCUT2D eigenvalue weighted by Crippen LogP contribution is -2.22. The molecule has 1 aliphatic rings. The van der Waals surface area contributed by atoms with E-state index in [2.05, 4.69) is 29.4 Å². The third kappa shape index (κ3) is 1.61. The Bertz CT molecular complexity index is 523. The van der Waals surface area contributed by atoms with E-state index in [1.54, 1.807) is 0 Å². The summed E-state index contributed by atoms with van der Waals surface area (Å²) in [7, 11) is 2.00. The second-order valence-electron chi connectivity index (χ2n) is 4.95. The van der Waals surface area contributed by atoms with Crippen LogP contribution in [0.5, 0.6) is 0 Å². The van der Waals surface area contributed by atoms with Gasteiger partial charge in [0.1, 0.15) is 0 Å². The quantitative estimate of drug-likeness (QED) is 0.851. The van der Waals surface area contributed by atoms with Gasteiger partial charge in [0.25, 0.3) is 0 Å². The lowest BCUT2D eigenvalue weighted by Gasteiger charge is -2.05. The van der Waals surface area contributed by atoms with Gasteiger partial charge in [0.15, 0.2) is 0 Å². The van der Waals surface area contributed by atoms with Crippen LogP contribution >= 0.6 is 0 Å². The lowest BCUT2D eigenvalue weighted by atomic mass is 10.1. The molecule has 1 heterocycles. The SMILES string of the molecule is Cn1nc(CCC2(N)CC2)c2ccccc21. The van der Waals surface area contributed by atoms with E-state index in [9.17, 15) is 0 Å². The standard InChI is InChI=1S/C13H17N3/c1-16-12-5-3-2-4-10(12)11(15-16)6-7-13(14)8-9-13/h2-5H,6-9,14H2,1H3. The molecule has 0 aliphatic heterocycles. The minimum atomic E-state index is 0.124. The van der Waals surface area contributed by atoms with Crippen molar-refractivity contribution in [2.45, 2.75) is 31.2 Å². The van der Waals surface area contributed by atoms with E-state index in [1.807, 2.05) is 11.7 Å². The number of rotatable bonds is 3. The molecule has 0 radical (unpaired) electrons. The maximum Gasteiger partial charge on any atom is 0.0703 e. The molecule has 0 bridgehead atoms. The van der Waals surface area contributed by atoms with Gasteiger partial charge in [-0.05, 0) is 31.7 Å². The van der Waals surface area contributed by atoms with Crippen LogP contribution in [0.1, 0.15) is 25.0 Å². The fourth-order valence-corrected chi connectivity index (χ4v) is 2.25. The smallest absolute Gasteiger partial charge is 0.0703 e. The van der Waals surface area contributed by atoms with Crippen molar-refractivity contribution in [3.8, 4) is 0 Å². The van der Waals surface area contributed by atoms with Crippen LogP contribution in [0, 0.1) is 0 Å². The number of hydrogen-bond donors (Lipinski definition) is 1. The van der Waals surface area contributed by atoms with E-state index >= 15 is 0 Å². The molecule has 0 unspecified atom stereocenters. The van der Waals surface area contributed by atoms with E-state index in [0.29, 0.717) is 0 Å². The normalized spacial score (nSPS) is 17.9.